The first-order valence-corrected chi connectivity index (χ1v) is 6.07. The molecule has 5 nitrogen and oxygen atoms in total. The summed E-state index contributed by atoms with van der Waals surface area (Å²) in [6.45, 7) is 8.36. The van der Waals surface area contributed by atoms with Gasteiger partial charge in [0.25, 0.3) is 0 Å². The minimum atomic E-state index is 0.481. The molecule has 2 aromatic rings. The largest absolute Gasteiger partial charge is 0.349 e. The molecule has 0 spiro atoms. The van der Waals surface area contributed by atoms with Gasteiger partial charge in [0.2, 0.25) is 5.95 Å². The molecule has 0 amide bonds. The van der Waals surface area contributed by atoms with Gasteiger partial charge in [-0.3, -0.25) is 0 Å². The van der Waals surface area contributed by atoms with Crippen molar-refractivity contribution in [2.24, 2.45) is 0 Å². The number of aryl methyl sites for hydroxylation is 2. The Balaban J connectivity index is 2.15. The summed E-state index contributed by atoms with van der Waals surface area (Å²) >= 11 is 0. The first-order valence-electron chi connectivity index (χ1n) is 6.07. The maximum atomic E-state index is 4.32. The van der Waals surface area contributed by atoms with E-state index in [0.29, 0.717) is 18.3 Å². The molecule has 2 N–H and O–H groups in total. The van der Waals surface area contributed by atoms with Gasteiger partial charge in [-0.2, -0.15) is 10.1 Å². The summed E-state index contributed by atoms with van der Waals surface area (Å²) in [6.07, 6.45) is 3.34. The molecule has 0 atom stereocenters. The molecule has 0 bridgehead atoms. The van der Waals surface area contributed by atoms with Gasteiger partial charge in [0.1, 0.15) is 0 Å². The van der Waals surface area contributed by atoms with Crippen LogP contribution in [0.3, 0.4) is 0 Å². The molecule has 5 heteroatoms. The lowest BCUT2D eigenvalue weighted by molar-refractivity contribution is 0.968. The van der Waals surface area contributed by atoms with Gasteiger partial charge in [-0.05, 0) is 37.1 Å². The number of benzene rings is 1. The summed E-state index contributed by atoms with van der Waals surface area (Å²) in [7, 11) is 0. The van der Waals surface area contributed by atoms with Crippen LogP contribution in [0.4, 0.5) is 17.5 Å². The van der Waals surface area contributed by atoms with E-state index in [0.717, 1.165) is 5.69 Å². The van der Waals surface area contributed by atoms with E-state index >= 15 is 0 Å². The Kier molecular flexibility index (Phi) is 4.07. The van der Waals surface area contributed by atoms with E-state index in [1.807, 2.05) is 0 Å². The Morgan fingerprint density at radius 1 is 1.21 bits per heavy atom. The van der Waals surface area contributed by atoms with Crippen molar-refractivity contribution in [3.8, 4) is 0 Å². The van der Waals surface area contributed by atoms with Crippen LogP contribution in [0.15, 0.2) is 37.1 Å². The van der Waals surface area contributed by atoms with Crippen molar-refractivity contribution < 1.29 is 0 Å². The van der Waals surface area contributed by atoms with Crippen LogP contribution in [-0.2, 0) is 0 Å². The zero-order chi connectivity index (χ0) is 13.7. The second-order valence-electron chi connectivity index (χ2n) is 4.34. The fourth-order valence-corrected chi connectivity index (χ4v) is 1.80. The van der Waals surface area contributed by atoms with Crippen molar-refractivity contribution in [2.45, 2.75) is 13.8 Å². The normalized spacial score (nSPS) is 10.0. The third-order valence-corrected chi connectivity index (χ3v) is 2.46. The quantitative estimate of drug-likeness (QED) is 0.804. The molecule has 1 heterocycles. The molecule has 0 aliphatic rings. The molecule has 0 unspecified atom stereocenters. The molecule has 0 aliphatic heterocycles. The van der Waals surface area contributed by atoms with Gasteiger partial charge in [0, 0.05) is 12.2 Å². The number of rotatable bonds is 5. The lowest BCUT2D eigenvalue weighted by Crippen LogP contribution is -2.06. The molecule has 0 saturated carbocycles. The summed E-state index contributed by atoms with van der Waals surface area (Å²) in [5, 5.41) is 14.0. The van der Waals surface area contributed by atoms with Crippen molar-refractivity contribution in [3.63, 3.8) is 0 Å². The van der Waals surface area contributed by atoms with E-state index in [4.69, 9.17) is 0 Å². The molecular weight excluding hydrogens is 238 g/mol. The maximum Gasteiger partial charge on any atom is 0.244 e. The Morgan fingerprint density at radius 3 is 2.63 bits per heavy atom. The van der Waals surface area contributed by atoms with Gasteiger partial charge in [-0.25, -0.2) is 0 Å². The van der Waals surface area contributed by atoms with Crippen molar-refractivity contribution in [3.05, 3.63) is 48.2 Å². The number of hydrogen-bond acceptors (Lipinski definition) is 5. The highest BCUT2D eigenvalue weighted by atomic mass is 15.3. The standard InChI is InChI=1S/C14H17N5/c1-4-5-15-14-18-13(9-16-19-14)17-12-7-10(2)6-11(3)8-12/h4,6-9H,1,5H2,2-3H3,(H2,15,17,18,19). The average molecular weight is 255 g/mol. The van der Waals surface area contributed by atoms with E-state index in [-0.39, 0.29) is 0 Å². The SMILES string of the molecule is C=CCNc1nncc(Nc2cc(C)cc(C)c2)n1. The molecular formula is C14H17N5. The summed E-state index contributed by atoms with van der Waals surface area (Å²) in [5.41, 5.74) is 3.40. The van der Waals surface area contributed by atoms with Crippen molar-refractivity contribution in [2.75, 3.05) is 17.2 Å². The molecule has 1 aromatic carbocycles. The number of aromatic nitrogens is 3. The highest BCUT2D eigenvalue weighted by molar-refractivity contribution is 5.58. The minimum Gasteiger partial charge on any atom is -0.349 e. The molecule has 0 radical (unpaired) electrons. The first kappa shape index (κ1) is 13.0. The van der Waals surface area contributed by atoms with Crippen LogP contribution in [-0.4, -0.2) is 21.7 Å². The second-order valence-corrected chi connectivity index (χ2v) is 4.34. The molecule has 0 aliphatic carbocycles. The van der Waals surface area contributed by atoms with Crippen molar-refractivity contribution in [1.82, 2.24) is 15.2 Å². The van der Waals surface area contributed by atoms with E-state index in [1.165, 1.54) is 11.1 Å². The van der Waals surface area contributed by atoms with Gasteiger partial charge in [0.15, 0.2) is 5.82 Å². The van der Waals surface area contributed by atoms with Gasteiger partial charge < -0.3 is 10.6 Å². The third kappa shape index (κ3) is 3.77. The van der Waals surface area contributed by atoms with Gasteiger partial charge in [-0.1, -0.05) is 12.1 Å². The summed E-state index contributed by atoms with van der Waals surface area (Å²) in [6, 6.07) is 6.25. The van der Waals surface area contributed by atoms with E-state index < -0.39 is 0 Å². The molecule has 19 heavy (non-hydrogen) atoms. The number of hydrogen-bond donors (Lipinski definition) is 2. The Bertz CT molecular complexity index is 560. The predicted molar refractivity (Wildman–Crippen MR) is 77.7 cm³/mol. The lowest BCUT2D eigenvalue weighted by Gasteiger charge is -2.08. The fourth-order valence-electron chi connectivity index (χ4n) is 1.80. The zero-order valence-corrected chi connectivity index (χ0v) is 11.1. The maximum absolute atomic E-state index is 4.32. The molecule has 0 fully saturated rings. The monoisotopic (exact) mass is 255 g/mol. The summed E-state index contributed by atoms with van der Waals surface area (Å²) in [4.78, 5) is 4.32. The third-order valence-electron chi connectivity index (χ3n) is 2.46. The van der Waals surface area contributed by atoms with Gasteiger partial charge in [0.05, 0.1) is 6.20 Å². The number of nitrogens with one attached hydrogen (secondary N) is 2. The number of anilines is 3. The first-order chi connectivity index (χ1) is 9.17. The van der Waals surface area contributed by atoms with Gasteiger partial charge >= 0.3 is 0 Å². The van der Waals surface area contributed by atoms with Crippen molar-refractivity contribution in [1.29, 1.82) is 0 Å². The van der Waals surface area contributed by atoms with Crippen LogP contribution < -0.4 is 10.6 Å². The molecule has 0 saturated heterocycles. The smallest absolute Gasteiger partial charge is 0.244 e. The van der Waals surface area contributed by atoms with Crippen LogP contribution in [0.1, 0.15) is 11.1 Å². The van der Waals surface area contributed by atoms with Crippen molar-refractivity contribution >= 4 is 17.5 Å². The summed E-state index contributed by atoms with van der Waals surface area (Å²) in [5.74, 6) is 1.14. The van der Waals surface area contributed by atoms with Crippen LogP contribution in [0.25, 0.3) is 0 Å². The zero-order valence-electron chi connectivity index (χ0n) is 11.1. The highest BCUT2D eigenvalue weighted by Gasteiger charge is 2.01. The Labute approximate surface area is 112 Å². The number of nitrogens with zero attached hydrogens (tertiary/aromatic N) is 3. The topological polar surface area (TPSA) is 62.7 Å². The highest BCUT2D eigenvalue weighted by Crippen LogP contribution is 2.18. The fraction of sp³-hybridized carbons (Fsp3) is 0.214. The average Bonchev–Trinajstić information content (AvgIpc) is 2.35. The van der Waals surface area contributed by atoms with Crippen LogP contribution in [0, 0.1) is 13.8 Å². The van der Waals surface area contributed by atoms with E-state index in [1.54, 1.807) is 12.3 Å². The van der Waals surface area contributed by atoms with Crippen LogP contribution >= 0.6 is 0 Å². The molecule has 98 valence electrons. The second kappa shape index (κ2) is 5.95. The molecule has 1 aromatic heterocycles. The van der Waals surface area contributed by atoms with Crippen LogP contribution in [0.5, 0.6) is 0 Å². The predicted octanol–water partition coefficient (Wildman–Crippen LogP) is 2.83. The van der Waals surface area contributed by atoms with Gasteiger partial charge in [-0.15, -0.1) is 11.7 Å². The Hall–Kier alpha value is -2.43. The Morgan fingerprint density at radius 2 is 1.95 bits per heavy atom. The summed E-state index contributed by atoms with van der Waals surface area (Å²) < 4.78 is 0. The molecule has 2 rings (SSSR count). The van der Waals surface area contributed by atoms with E-state index in [9.17, 15) is 0 Å². The minimum absolute atomic E-state index is 0.481. The van der Waals surface area contributed by atoms with E-state index in [2.05, 4.69) is 64.4 Å². The van der Waals surface area contributed by atoms with Crippen LogP contribution in [0.2, 0.25) is 0 Å². The lowest BCUT2D eigenvalue weighted by atomic mass is 10.1.